The van der Waals surface area contributed by atoms with Crippen LogP contribution in [-0.4, -0.2) is 96.7 Å². The van der Waals surface area contributed by atoms with E-state index in [1.54, 1.807) is 0 Å². The normalized spacial score (nSPS) is 14.1. The molecule has 0 rings (SSSR count). The first-order valence-corrected chi connectivity index (χ1v) is 41.5. The molecule has 0 saturated carbocycles. The van der Waals surface area contributed by atoms with Crippen LogP contribution in [0.4, 0.5) is 0 Å². The Morgan fingerprint density at radius 1 is 0.290 bits per heavy atom. The molecule has 0 spiro atoms. The minimum atomic E-state index is -4.95. The second-order valence-electron chi connectivity index (χ2n) is 27.6. The predicted octanol–water partition coefficient (Wildman–Crippen LogP) is 21.6. The topological polar surface area (TPSA) is 237 Å². The fourth-order valence-corrected chi connectivity index (χ4v) is 12.9. The summed E-state index contributed by atoms with van der Waals surface area (Å²) in [4.78, 5) is 72.5. The minimum absolute atomic E-state index is 0.106. The Morgan fingerprint density at radius 2 is 0.495 bits per heavy atom. The zero-order valence-corrected chi connectivity index (χ0v) is 62.3. The van der Waals surface area contributed by atoms with Gasteiger partial charge in [0.25, 0.3) is 0 Å². The van der Waals surface area contributed by atoms with E-state index < -0.39 is 97.5 Å². The Morgan fingerprint density at radius 3 is 0.731 bits per heavy atom. The monoisotopic (exact) mass is 1370 g/mol. The number of carbonyl (C=O) groups excluding carboxylic acids is 4. The fraction of sp³-hybridized carbons (Fsp3) is 0.946. The molecule has 552 valence electrons. The van der Waals surface area contributed by atoms with Gasteiger partial charge in [-0.15, -0.1) is 0 Å². The van der Waals surface area contributed by atoms with Crippen molar-refractivity contribution in [3.8, 4) is 0 Å². The lowest BCUT2D eigenvalue weighted by atomic mass is 10.0. The molecule has 3 N–H and O–H groups in total. The molecule has 0 radical (unpaired) electrons. The first-order chi connectivity index (χ1) is 44.9. The lowest BCUT2D eigenvalue weighted by molar-refractivity contribution is -0.161. The molecule has 0 aromatic heterocycles. The van der Waals surface area contributed by atoms with Gasteiger partial charge in [0.1, 0.15) is 19.3 Å². The number of ether oxygens (including phenoxy) is 4. The maximum atomic E-state index is 13.1. The second kappa shape index (κ2) is 66.0. The molecule has 19 heteroatoms. The number of hydrogen-bond acceptors (Lipinski definition) is 15. The number of esters is 4. The number of carbonyl (C=O) groups is 4. The highest BCUT2D eigenvalue weighted by Crippen LogP contribution is 2.45. The van der Waals surface area contributed by atoms with Crippen LogP contribution in [0.25, 0.3) is 0 Å². The molecule has 5 atom stereocenters. The Balaban J connectivity index is 5.15. The molecule has 17 nitrogen and oxygen atoms in total. The third-order valence-corrected chi connectivity index (χ3v) is 19.1. The summed E-state index contributed by atoms with van der Waals surface area (Å²) in [6, 6.07) is 0. The molecule has 0 aliphatic rings. The molecule has 0 aromatic carbocycles. The van der Waals surface area contributed by atoms with Gasteiger partial charge in [-0.2, -0.15) is 0 Å². The zero-order chi connectivity index (χ0) is 68.6. The number of aliphatic hydroxyl groups is 1. The number of unbranched alkanes of at least 4 members (excludes halogenated alkanes) is 43. The molecule has 0 bridgehead atoms. The van der Waals surface area contributed by atoms with Gasteiger partial charge in [-0.05, 0) is 37.5 Å². The summed E-state index contributed by atoms with van der Waals surface area (Å²) in [7, 11) is -9.90. The maximum absolute atomic E-state index is 13.1. The van der Waals surface area contributed by atoms with Gasteiger partial charge in [0.05, 0.1) is 26.4 Å². The zero-order valence-electron chi connectivity index (χ0n) is 60.6. The molecule has 93 heavy (non-hydrogen) atoms. The molecule has 0 aromatic rings. The highest BCUT2D eigenvalue weighted by molar-refractivity contribution is 7.47. The van der Waals surface area contributed by atoms with E-state index in [0.29, 0.717) is 25.7 Å². The van der Waals surface area contributed by atoms with E-state index in [1.165, 1.54) is 186 Å². The van der Waals surface area contributed by atoms with Crippen LogP contribution < -0.4 is 0 Å². The number of phosphoric acid groups is 2. The van der Waals surface area contributed by atoms with Crippen LogP contribution >= 0.6 is 15.6 Å². The van der Waals surface area contributed by atoms with Crippen molar-refractivity contribution in [3.05, 3.63) is 0 Å². The van der Waals surface area contributed by atoms with Crippen LogP contribution in [0.15, 0.2) is 0 Å². The van der Waals surface area contributed by atoms with Crippen molar-refractivity contribution < 1.29 is 80.2 Å². The first kappa shape index (κ1) is 91.1. The third kappa shape index (κ3) is 68.4. The smallest absolute Gasteiger partial charge is 0.462 e. The van der Waals surface area contributed by atoms with Crippen LogP contribution in [0.3, 0.4) is 0 Å². The van der Waals surface area contributed by atoms with Gasteiger partial charge in [-0.25, -0.2) is 9.13 Å². The third-order valence-electron chi connectivity index (χ3n) is 17.2. The van der Waals surface area contributed by atoms with Crippen molar-refractivity contribution in [1.29, 1.82) is 0 Å². The average Bonchev–Trinajstić information content (AvgIpc) is 1.61. The summed E-state index contributed by atoms with van der Waals surface area (Å²) < 4.78 is 68.3. The highest BCUT2D eigenvalue weighted by atomic mass is 31.2. The van der Waals surface area contributed by atoms with Gasteiger partial charge < -0.3 is 33.8 Å². The Bertz CT molecular complexity index is 1800. The molecule has 0 amide bonds. The second-order valence-corrected chi connectivity index (χ2v) is 30.5. The maximum Gasteiger partial charge on any atom is 0.472 e. The van der Waals surface area contributed by atoms with Gasteiger partial charge in [-0.3, -0.25) is 37.3 Å². The minimum Gasteiger partial charge on any atom is -0.462 e. The summed E-state index contributed by atoms with van der Waals surface area (Å²) in [6.45, 7) is 9.58. The summed E-state index contributed by atoms with van der Waals surface area (Å²) in [5.74, 6) is -0.521. The molecule has 0 aliphatic carbocycles. The summed E-state index contributed by atoms with van der Waals surface area (Å²) in [5.41, 5.74) is 0. The van der Waals surface area contributed by atoms with Crippen molar-refractivity contribution in [1.82, 2.24) is 0 Å². The largest absolute Gasteiger partial charge is 0.472 e. The van der Waals surface area contributed by atoms with Crippen molar-refractivity contribution in [2.24, 2.45) is 11.8 Å². The van der Waals surface area contributed by atoms with Crippen molar-refractivity contribution in [3.63, 3.8) is 0 Å². The Hall–Kier alpha value is -1.94. The van der Waals surface area contributed by atoms with Crippen LogP contribution in [0, 0.1) is 11.8 Å². The van der Waals surface area contributed by atoms with E-state index in [2.05, 4.69) is 41.5 Å². The van der Waals surface area contributed by atoms with E-state index in [4.69, 9.17) is 37.0 Å². The van der Waals surface area contributed by atoms with E-state index >= 15 is 0 Å². The standard InChI is InChI=1S/C74H144O17P2/c1-7-9-11-13-15-16-33-40-46-52-58-73(78)90-69(62-84-71(76)56-50-44-36-14-12-10-8-2)64-88-92(80,81)86-60-68(75)61-87-93(82,83)89-65-70(63-85-72(77)57-51-45-39-34-29-26-25-28-32-38-43-49-55-67(5)6)91-74(79)59-53-47-41-35-30-24-22-20-18-17-19-21-23-27-31-37-42-48-54-66(3)4/h66-70,75H,7-65H2,1-6H3,(H,80,81)(H,82,83)/t68-,69+,70+/m0/s1. The van der Waals surface area contributed by atoms with Crippen molar-refractivity contribution in [2.45, 2.75) is 400 Å². The molecule has 0 saturated heterocycles. The SMILES string of the molecule is CCCCCCCCCCCCC(=O)O[C@H](COC(=O)CCCCCCCCC)COP(=O)(O)OC[C@H](O)COP(=O)(O)OC[C@@H](COC(=O)CCCCCCCCCCCCCCC(C)C)OC(=O)CCCCCCCCCCCCCCCCCCCCC(C)C. The molecule has 2 unspecified atom stereocenters. The number of rotatable bonds is 73. The summed E-state index contributed by atoms with van der Waals surface area (Å²) in [5, 5.41) is 10.6. The van der Waals surface area contributed by atoms with E-state index in [-0.39, 0.29) is 25.7 Å². The molecular weight excluding hydrogens is 1220 g/mol. The molecular formula is C74H144O17P2. The van der Waals surface area contributed by atoms with Crippen LogP contribution in [0.1, 0.15) is 382 Å². The number of phosphoric ester groups is 2. The number of aliphatic hydroxyl groups excluding tert-OH is 1. The van der Waals surface area contributed by atoms with E-state index in [0.717, 1.165) is 115 Å². The summed E-state index contributed by atoms with van der Waals surface area (Å²) in [6.07, 6.45) is 52.9. The number of hydrogen-bond donors (Lipinski definition) is 3. The van der Waals surface area contributed by atoms with Gasteiger partial charge in [0.15, 0.2) is 12.2 Å². The van der Waals surface area contributed by atoms with Crippen LogP contribution in [0.2, 0.25) is 0 Å². The van der Waals surface area contributed by atoms with E-state index in [9.17, 15) is 43.2 Å². The molecule has 0 heterocycles. The molecule has 0 fully saturated rings. The lowest BCUT2D eigenvalue weighted by Crippen LogP contribution is -2.30. The van der Waals surface area contributed by atoms with Gasteiger partial charge in [0.2, 0.25) is 0 Å². The Labute approximate surface area is 568 Å². The van der Waals surface area contributed by atoms with Crippen LogP contribution in [-0.2, 0) is 65.4 Å². The van der Waals surface area contributed by atoms with Gasteiger partial charge >= 0.3 is 39.5 Å². The quantitative estimate of drug-likeness (QED) is 0.0222. The van der Waals surface area contributed by atoms with Crippen molar-refractivity contribution in [2.75, 3.05) is 39.6 Å². The van der Waals surface area contributed by atoms with E-state index in [1.807, 2.05) is 0 Å². The van der Waals surface area contributed by atoms with Gasteiger partial charge in [-0.1, -0.05) is 330 Å². The van der Waals surface area contributed by atoms with Crippen molar-refractivity contribution >= 4 is 39.5 Å². The predicted molar refractivity (Wildman–Crippen MR) is 377 cm³/mol. The first-order valence-electron chi connectivity index (χ1n) is 38.5. The Kier molecular flexibility index (Phi) is 64.6. The fourth-order valence-electron chi connectivity index (χ4n) is 11.3. The van der Waals surface area contributed by atoms with Crippen LogP contribution in [0.5, 0.6) is 0 Å². The lowest BCUT2D eigenvalue weighted by Gasteiger charge is -2.21. The highest BCUT2D eigenvalue weighted by Gasteiger charge is 2.30. The average molecular weight is 1370 g/mol. The molecule has 0 aliphatic heterocycles. The summed E-state index contributed by atoms with van der Waals surface area (Å²) >= 11 is 0. The van der Waals surface area contributed by atoms with Gasteiger partial charge in [0, 0.05) is 25.7 Å².